The minimum atomic E-state index is -2.85. The van der Waals surface area contributed by atoms with Gasteiger partial charge in [-0.2, -0.15) is 5.10 Å². The molecule has 5 heterocycles. The molecule has 0 fully saturated rings. The van der Waals surface area contributed by atoms with E-state index in [1.807, 2.05) is 0 Å². The molecule has 0 spiro atoms. The van der Waals surface area contributed by atoms with Crippen molar-refractivity contribution in [3.63, 3.8) is 0 Å². The van der Waals surface area contributed by atoms with E-state index in [9.17, 15) is 18.4 Å². The number of aromatic nitrogens is 4. The van der Waals surface area contributed by atoms with Crippen LogP contribution >= 0.6 is 11.3 Å². The summed E-state index contributed by atoms with van der Waals surface area (Å²) in [5, 5.41) is 7.06. The van der Waals surface area contributed by atoms with Crippen LogP contribution in [0.5, 0.6) is 0 Å². The molecule has 32 heavy (non-hydrogen) atoms. The fourth-order valence-electron chi connectivity index (χ4n) is 3.27. The van der Waals surface area contributed by atoms with Crippen molar-refractivity contribution < 1.29 is 22.8 Å². The smallest absolute Gasteiger partial charge is 0.280 e. The molecule has 0 bridgehead atoms. The molecule has 0 aromatic carbocycles. The molecule has 5 rings (SSSR count). The number of hydrogen-bond donors (Lipinski definition) is 2. The van der Waals surface area contributed by atoms with Crippen molar-refractivity contribution in [2.75, 3.05) is 5.32 Å². The molecule has 12 heteroatoms. The van der Waals surface area contributed by atoms with Gasteiger partial charge in [-0.1, -0.05) is 0 Å². The number of pyridine rings is 1. The van der Waals surface area contributed by atoms with Crippen LogP contribution in [-0.2, 0) is 0 Å². The fraction of sp³-hybridized carbons (Fsp3) is 0.0500. The molecule has 0 radical (unpaired) electrons. The number of rotatable bonds is 5. The van der Waals surface area contributed by atoms with E-state index in [0.717, 1.165) is 17.4 Å². The minimum absolute atomic E-state index is 0.0372. The topological polar surface area (TPSA) is 128 Å². The van der Waals surface area contributed by atoms with Gasteiger partial charge in [0.25, 0.3) is 18.2 Å². The number of primary amides is 1. The Bertz CT molecular complexity index is 1460. The van der Waals surface area contributed by atoms with Crippen molar-refractivity contribution >= 4 is 44.7 Å². The molecule has 0 saturated heterocycles. The van der Waals surface area contributed by atoms with Gasteiger partial charge >= 0.3 is 0 Å². The Kier molecular flexibility index (Phi) is 4.63. The summed E-state index contributed by atoms with van der Waals surface area (Å²) < 4.78 is 33.7. The molecule has 3 N–H and O–H groups in total. The molecule has 0 unspecified atom stereocenters. The van der Waals surface area contributed by atoms with E-state index in [1.54, 1.807) is 30.6 Å². The van der Waals surface area contributed by atoms with Gasteiger partial charge in [-0.15, -0.1) is 11.3 Å². The number of furan rings is 1. The number of carbonyl (C=O) groups is 2. The van der Waals surface area contributed by atoms with Gasteiger partial charge in [0.2, 0.25) is 0 Å². The molecular weight excluding hydrogens is 442 g/mol. The van der Waals surface area contributed by atoms with Crippen molar-refractivity contribution in [2.24, 2.45) is 5.73 Å². The summed E-state index contributed by atoms with van der Waals surface area (Å²) in [5.74, 6) is -1.22. The van der Waals surface area contributed by atoms with Crippen LogP contribution in [0.15, 0.2) is 53.4 Å². The zero-order valence-electron chi connectivity index (χ0n) is 16.0. The van der Waals surface area contributed by atoms with Crippen LogP contribution in [0.1, 0.15) is 32.3 Å². The van der Waals surface area contributed by atoms with Crippen molar-refractivity contribution in [1.29, 1.82) is 0 Å². The summed E-state index contributed by atoms with van der Waals surface area (Å²) >= 11 is 0.804. The Morgan fingerprint density at radius 3 is 2.78 bits per heavy atom. The largest absolute Gasteiger partial charge is 0.464 e. The van der Waals surface area contributed by atoms with Crippen molar-refractivity contribution in [1.82, 2.24) is 19.6 Å². The van der Waals surface area contributed by atoms with Gasteiger partial charge in [0.1, 0.15) is 21.2 Å². The summed E-state index contributed by atoms with van der Waals surface area (Å²) in [5.41, 5.74) is 5.79. The Morgan fingerprint density at radius 2 is 2.09 bits per heavy atom. The van der Waals surface area contributed by atoms with Crippen molar-refractivity contribution in [2.45, 2.75) is 6.43 Å². The fourth-order valence-corrected chi connectivity index (χ4v) is 4.28. The number of alkyl halides is 2. The van der Waals surface area contributed by atoms with E-state index in [4.69, 9.17) is 10.2 Å². The van der Waals surface area contributed by atoms with E-state index in [1.165, 1.54) is 16.8 Å². The number of amides is 2. The number of halogens is 2. The first-order chi connectivity index (χ1) is 15.4. The third-order valence-electron chi connectivity index (χ3n) is 4.62. The van der Waals surface area contributed by atoms with Crippen molar-refractivity contribution in [3.8, 4) is 11.3 Å². The van der Waals surface area contributed by atoms with Gasteiger partial charge in [-0.05, 0) is 24.3 Å². The predicted octanol–water partition coefficient (Wildman–Crippen LogP) is 3.89. The highest BCUT2D eigenvalue weighted by Gasteiger charge is 2.26. The van der Waals surface area contributed by atoms with Gasteiger partial charge in [-0.3, -0.25) is 9.59 Å². The molecule has 0 saturated carbocycles. The number of carbonyl (C=O) groups excluding carboxylic acids is 2. The van der Waals surface area contributed by atoms with Crippen LogP contribution in [0.3, 0.4) is 0 Å². The maximum atomic E-state index is 13.4. The van der Waals surface area contributed by atoms with Gasteiger partial charge in [0.15, 0.2) is 11.3 Å². The maximum absolute atomic E-state index is 13.4. The van der Waals surface area contributed by atoms with E-state index < -0.39 is 23.9 Å². The Hall–Kier alpha value is -4.19. The zero-order chi connectivity index (χ0) is 22.4. The Labute approximate surface area is 181 Å². The van der Waals surface area contributed by atoms with Crippen LogP contribution in [0.4, 0.5) is 14.5 Å². The van der Waals surface area contributed by atoms with Crippen LogP contribution in [0, 0.1) is 0 Å². The molecule has 0 aliphatic rings. The molecule has 0 atom stereocenters. The highest BCUT2D eigenvalue weighted by molar-refractivity contribution is 7.21. The average molecular weight is 454 g/mol. The van der Waals surface area contributed by atoms with Crippen LogP contribution < -0.4 is 11.1 Å². The molecule has 9 nitrogen and oxygen atoms in total. The molecular formula is C20H12F2N6O3S. The Balaban J connectivity index is 1.69. The van der Waals surface area contributed by atoms with Gasteiger partial charge in [-0.25, -0.2) is 23.3 Å². The highest BCUT2D eigenvalue weighted by atomic mass is 32.1. The normalized spacial score (nSPS) is 11.5. The second-order valence-corrected chi connectivity index (χ2v) is 7.63. The molecule has 5 aromatic rings. The van der Waals surface area contributed by atoms with Crippen LogP contribution in [0.2, 0.25) is 0 Å². The molecule has 0 aliphatic carbocycles. The number of nitrogens with one attached hydrogen (secondary N) is 1. The average Bonchev–Trinajstić information content (AvgIpc) is 3.51. The third kappa shape index (κ3) is 3.26. The van der Waals surface area contributed by atoms with E-state index >= 15 is 0 Å². The lowest BCUT2D eigenvalue weighted by Crippen LogP contribution is -2.17. The van der Waals surface area contributed by atoms with Crippen LogP contribution in [-0.4, -0.2) is 31.4 Å². The number of hydrogen-bond acceptors (Lipinski definition) is 7. The zero-order valence-corrected chi connectivity index (χ0v) is 16.8. The van der Waals surface area contributed by atoms with Crippen LogP contribution in [0.25, 0.3) is 27.2 Å². The number of thiophene rings is 1. The molecule has 2 amide bonds. The number of fused-ring (bicyclic) bond motifs is 2. The van der Waals surface area contributed by atoms with E-state index in [2.05, 4.69) is 20.4 Å². The molecule has 5 aromatic heterocycles. The number of nitrogens with two attached hydrogens (primary N) is 1. The van der Waals surface area contributed by atoms with Gasteiger partial charge < -0.3 is 15.5 Å². The third-order valence-corrected chi connectivity index (χ3v) is 5.72. The number of nitrogens with zero attached hydrogens (tertiary/aromatic N) is 4. The summed E-state index contributed by atoms with van der Waals surface area (Å²) in [4.78, 5) is 33.2. The predicted molar refractivity (Wildman–Crippen MR) is 112 cm³/mol. The summed E-state index contributed by atoms with van der Waals surface area (Å²) in [7, 11) is 0. The standard InChI is InChI=1S/C20H12F2N6O3S/c21-17(22)10-7-9(12-3-1-6-31-12)14-15(16(18(23)29)32-20(14)25-10)26-19(30)11-8-13-24-4-2-5-28(13)27-11/h1-8,17H,(H2,23,29)(H,26,30). The first-order valence-corrected chi connectivity index (χ1v) is 9.95. The second-order valence-electron chi connectivity index (χ2n) is 6.63. The lowest BCUT2D eigenvalue weighted by Gasteiger charge is -2.08. The molecule has 0 aliphatic heterocycles. The number of anilines is 1. The summed E-state index contributed by atoms with van der Waals surface area (Å²) in [6.45, 7) is 0. The van der Waals surface area contributed by atoms with E-state index in [-0.39, 0.29) is 37.8 Å². The van der Waals surface area contributed by atoms with Gasteiger partial charge in [0, 0.05) is 29.4 Å². The lowest BCUT2D eigenvalue weighted by atomic mass is 10.1. The highest BCUT2D eigenvalue weighted by Crippen LogP contribution is 2.42. The summed E-state index contributed by atoms with van der Waals surface area (Å²) in [6.07, 6.45) is 1.71. The first-order valence-electron chi connectivity index (χ1n) is 9.13. The Morgan fingerprint density at radius 1 is 1.25 bits per heavy atom. The van der Waals surface area contributed by atoms with Crippen molar-refractivity contribution in [3.05, 3.63) is 65.3 Å². The van der Waals surface area contributed by atoms with E-state index in [0.29, 0.717) is 5.65 Å². The molecule has 160 valence electrons. The second kappa shape index (κ2) is 7.50. The first kappa shape index (κ1) is 19.8. The monoisotopic (exact) mass is 454 g/mol. The SMILES string of the molecule is NC(=O)c1sc2nc(C(F)F)cc(-c3ccco3)c2c1NC(=O)c1cc2ncccn2n1. The maximum Gasteiger partial charge on any atom is 0.280 e. The quantitative estimate of drug-likeness (QED) is 0.415. The summed E-state index contributed by atoms with van der Waals surface area (Å²) in [6, 6.07) is 7.45. The lowest BCUT2D eigenvalue weighted by molar-refractivity contribution is 0.100. The minimum Gasteiger partial charge on any atom is -0.464 e. The van der Waals surface area contributed by atoms with Gasteiger partial charge in [0.05, 0.1) is 12.0 Å².